The van der Waals surface area contributed by atoms with Crippen molar-refractivity contribution in [3.05, 3.63) is 52.5 Å². The van der Waals surface area contributed by atoms with Gasteiger partial charge in [-0.05, 0) is 24.3 Å². The predicted octanol–water partition coefficient (Wildman–Crippen LogP) is 2.54. The van der Waals surface area contributed by atoms with Crippen LogP contribution >= 0.6 is 15.9 Å². The van der Waals surface area contributed by atoms with Crippen molar-refractivity contribution in [3.63, 3.8) is 0 Å². The second-order valence-electron chi connectivity index (χ2n) is 3.76. The van der Waals surface area contributed by atoms with Crippen molar-refractivity contribution < 1.29 is 4.74 Å². The van der Waals surface area contributed by atoms with E-state index in [4.69, 9.17) is 4.74 Å². The molecule has 0 radical (unpaired) electrons. The first kappa shape index (κ1) is 13.0. The van der Waals surface area contributed by atoms with Gasteiger partial charge in [0.05, 0.1) is 12.8 Å². The third kappa shape index (κ3) is 3.51. The van der Waals surface area contributed by atoms with Crippen LogP contribution in [0.3, 0.4) is 0 Å². The Labute approximate surface area is 115 Å². The first-order valence-electron chi connectivity index (χ1n) is 5.57. The molecule has 2 aromatic rings. The van der Waals surface area contributed by atoms with Gasteiger partial charge in [-0.1, -0.05) is 15.9 Å². The molecule has 0 unspecified atom stereocenters. The van der Waals surface area contributed by atoms with Gasteiger partial charge in [0.2, 0.25) is 0 Å². The minimum Gasteiger partial charge on any atom is -0.496 e. The molecular weight excluding hydrogens is 294 g/mol. The minimum absolute atomic E-state index is 0.707. The summed E-state index contributed by atoms with van der Waals surface area (Å²) in [7, 11) is 1.68. The van der Waals surface area contributed by atoms with Crippen molar-refractivity contribution in [2.45, 2.75) is 13.1 Å². The molecule has 0 saturated carbocycles. The lowest BCUT2D eigenvalue weighted by Gasteiger charge is -2.10. The van der Waals surface area contributed by atoms with Crippen molar-refractivity contribution in [3.8, 4) is 5.75 Å². The molecule has 0 fully saturated rings. The van der Waals surface area contributed by atoms with E-state index in [1.54, 1.807) is 19.6 Å². The van der Waals surface area contributed by atoms with E-state index < -0.39 is 0 Å². The smallest absolute Gasteiger partial charge is 0.123 e. The van der Waals surface area contributed by atoms with Crippen LogP contribution in [0.5, 0.6) is 5.75 Å². The van der Waals surface area contributed by atoms with E-state index in [-0.39, 0.29) is 0 Å². The van der Waals surface area contributed by atoms with Crippen LogP contribution in [0.2, 0.25) is 0 Å². The second kappa shape index (κ2) is 6.47. The van der Waals surface area contributed by atoms with Crippen molar-refractivity contribution >= 4 is 15.9 Å². The normalized spacial score (nSPS) is 10.3. The van der Waals surface area contributed by atoms with Gasteiger partial charge < -0.3 is 10.1 Å². The Kier molecular flexibility index (Phi) is 4.66. The fourth-order valence-corrected chi connectivity index (χ4v) is 2.04. The van der Waals surface area contributed by atoms with Gasteiger partial charge in [-0.15, -0.1) is 0 Å². The highest BCUT2D eigenvalue weighted by atomic mass is 79.9. The minimum atomic E-state index is 0.707. The van der Waals surface area contributed by atoms with Gasteiger partial charge in [0.15, 0.2) is 0 Å². The van der Waals surface area contributed by atoms with E-state index in [2.05, 4.69) is 31.2 Å². The number of rotatable bonds is 5. The van der Waals surface area contributed by atoms with Crippen molar-refractivity contribution in [1.29, 1.82) is 0 Å². The molecule has 1 aromatic carbocycles. The summed E-state index contributed by atoms with van der Waals surface area (Å²) in [5.74, 6) is 0.883. The third-order valence-corrected chi connectivity index (χ3v) is 3.00. The molecule has 1 aromatic heterocycles. The predicted molar refractivity (Wildman–Crippen MR) is 73.3 cm³/mol. The van der Waals surface area contributed by atoms with E-state index in [1.165, 1.54) is 0 Å². The van der Waals surface area contributed by atoms with E-state index in [0.29, 0.717) is 6.54 Å². The molecule has 18 heavy (non-hydrogen) atoms. The molecule has 0 spiro atoms. The van der Waals surface area contributed by atoms with E-state index in [0.717, 1.165) is 28.0 Å². The topological polar surface area (TPSA) is 47.0 Å². The Morgan fingerprint density at radius 1 is 1.28 bits per heavy atom. The lowest BCUT2D eigenvalue weighted by molar-refractivity contribution is 0.407. The molecule has 5 heteroatoms. The van der Waals surface area contributed by atoms with Gasteiger partial charge in [0.25, 0.3) is 0 Å². The number of ether oxygens (including phenoxy) is 1. The number of hydrogen-bond donors (Lipinski definition) is 1. The Hall–Kier alpha value is -1.46. The Balaban J connectivity index is 1.96. The lowest BCUT2D eigenvalue weighted by atomic mass is 10.2. The van der Waals surface area contributed by atoms with Crippen LogP contribution < -0.4 is 10.1 Å². The summed E-state index contributed by atoms with van der Waals surface area (Å²) in [6.07, 6.45) is 3.29. The van der Waals surface area contributed by atoms with Gasteiger partial charge in [0.1, 0.15) is 12.1 Å². The van der Waals surface area contributed by atoms with Crippen molar-refractivity contribution in [1.82, 2.24) is 15.3 Å². The van der Waals surface area contributed by atoms with Crippen LogP contribution in [0.15, 0.2) is 41.3 Å². The molecule has 0 aliphatic carbocycles. The fourth-order valence-electron chi connectivity index (χ4n) is 1.63. The highest BCUT2D eigenvalue weighted by Crippen LogP contribution is 2.22. The molecule has 0 aliphatic rings. The Morgan fingerprint density at radius 3 is 2.89 bits per heavy atom. The summed E-state index contributed by atoms with van der Waals surface area (Å²) in [4.78, 5) is 8.04. The summed E-state index contributed by atoms with van der Waals surface area (Å²) in [6, 6.07) is 7.86. The summed E-state index contributed by atoms with van der Waals surface area (Å²) >= 11 is 3.46. The number of methoxy groups -OCH3 is 1. The largest absolute Gasteiger partial charge is 0.496 e. The summed E-state index contributed by atoms with van der Waals surface area (Å²) in [6.45, 7) is 1.44. The highest BCUT2D eigenvalue weighted by molar-refractivity contribution is 9.10. The molecule has 0 atom stereocenters. The third-order valence-electron chi connectivity index (χ3n) is 2.51. The van der Waals surface area contributed by atoms with Gasteiger partial charge >= 0.3 is 0 Å². The maximum absolute atomic E-state index is 5.32. The average molecular weight is 308 g/mol. The number of benzene rings is 1. The zero-order valence-corrected chi connectivity index (χ0v) is 11.6. The first-order chi connectivity index (χ1) is 8.79. The van der Waals surface area contributed by atoms with Crippen LogP contribution in [0.25, 0.3) is 0 Å². The zero-order chi connectivity index (χ0) is 12.8. The first-order valence-corrected chi connectivity index (χ1v) is 6.37. The maximum atomic E-state index is 5.32. The van der Waals surface area contributed by atoms with Gasteiger partial charge in [-0.3, -0.25) is 0 Å². The molecular formula is C13H14BrN3O. The molecule has 0 saturated heterocycles. The van der Waals surface area contributed by atoms with Gasteiger partial charge in [-0.2, -0.15) is 0 Å². The SMILES string of the molecule is COc1ccc(Br)cc1CNCc1ccncn1. The molecule has 0 bridgehead atoms. The molecule has 0 aliphatic heterocycles. The number of hydrogen-bond acceptors (Lipinski definition) is 4. The summed E-state index contributed by atoms with van der Waals surface area (Å²) < 4.78 is 6.36. The molecule has 94 valence electrons. The van der Waals surface area contributed by atoms with Gasteiger partial charge in [0, 0.05) is 29.3 Å². The van der Waals surface area contributed by atoms with E-state index in [1.807, 2.05) is 24.3 Å². The van der Waals surface area contributed by atoms with Gasteiger partial charge in [-0.25, -0.2) is 9.97 Å². The number of aromatic nitrogens is 2. The fraction of sp³-hybridized carbons (Fsp3) is 0.231. The van der Waals surface area contributed by atoms with Crippen LogP contribution in [0, 0.1) is 0 Å². The van der Waals surface area contributed by atoms with Crippen molar-refractivity contribution in [2.75, 3.05) is 7.11 Å². The monoisotopic (exact) mass is 307 g/mol. The molecule has 1 heterocycles. The summed E-state index contributed by atoms with van der Waals surface area (Å²) in [5, 5.41) is 3.33. The van der Waals surface area contributed by atoms with Crippen molar-refractivity contribution in [2.24, 2.45) is 0 Å². The molecule has 1 N–H and O–H groups in total. The lowest BCUT2D eigenvalue weighted by Crippen LogP contribution is -2.14. The van der Waals surface area contributed by atoms with Crippen LogP contribution in [0.4, 0.5) is 0 Å². The standard InChI is InChI=1S/C13H14BrN3O/c1-18-13-3-2-11(14)6-10(13)7-16-8-12-4-5-15-9-17-12/h2-6,9,16H,7-8H2,1H3. The molecule has 2 rings (SSSR count). The van der Waals surface area contributed by atoms with Crippen LogP contribution in [0.1, 0.15) is 11.3 Å². The molecule has 4 nitrogen and oxygen atoms in total. The Morgan fingerprint density at radius 2 is 2.17 bits per heavy atom. The van der Waals surface area contributed by atoms with E-state index >= 15 is 0 Å². The number of halogens is 1. The quantitative estimate of drug-likeness (QED) is 0.922. The molecule has 0 amide bonds. The number of nitrogens with zero attached hydrogens (tertiary/aromatic N) is 2. The number of nitrogens with one attached hydrogen (secondary N) is 1. The van der Waals surface area contributed by atoms with Crippen LogP contribution in [-0.4, -0.2) is 17.1 Å². The second-order valence-corrected chi connectivity index (χ2v) is 4.68. The Bertz CT molecular complexity index is 505. The van der Waals surface area contributed by atoms with E-state index in [9.17, 15) is 0 Å². The summed E-state index contributed by atoms with van der Waals surface area (Å²) in [5.41, 5.74) is 2.08. The highest BCUT2D eigenvalue weighted by Gasteiger charge is 2.03. The maximum Gasteiger partial charge on any atom is 0.123 e. The van der Waals surface area contributed by atoms with Crippen LogP contribution in [-0.2, 0) is 13.1 Å². The zero-order valence-electron chi connectivity index (χ0n) is 10.1. The average Bonchev–Trinajstić information content (AvgIpc) is 2.40.